The van der Waals surface area contributed by atoms with Crippen molar-refractivity contribution in [3.63, 3.8) is 0 Å². The molecular formula is C13H26. The summed E-state index contributed by atoms with van der Waals surface area (Å²) >= 11 is 0. The summed E-state index contributed by atoms with van der Waals surface area (Å²) in [6.45, 7) is 17.5. The average molecular weight is 182 g/mol. The van der Waals surface area contributed by atoms with Gasteiger partial charge in [-0.15, -0.1) is 26.3 Å². The lowest BCUT2D eigenvalue weighted by Gasteiger charge is -1.81. The standard InChI is InChI=1S/C6H12.C5H10.C2H4/c1-3-5-6-4-2;1-3-5-4-2;1-2/h3H,1,4-6H2,2H3;3H,1,4-5H2,2H3;1-2H2. The van der Waals surface area contributed by atoms with E-state index in [1.54, 1.807) is 0 Å². The molecule has 0 aromatic heterocycles. The van der Waals surface area contributed by atoms with Crippen molar-refractivity contribution in [3.05, 3.63) is 38.5 Å². The molecule has 0 radical (unpaired) electrons. The molecule has 0 aliphatic rings. The molecule has 0 aliphatic heterocycles. The van der Waals surface area contributed by atoms with Gasteiger partial charge in [0.15, 0.2) is 0 Å². The largest absolute Gasteiger partial charge is 0.106 e. The second kappa shape index (κ2) is 30.3. The number of unbranched alkanes of at least 4 members (excludes halogenated alkanes) is 3. The fraction of sp³-hybridized carbons (Fsp3) is 0.538. The van der Waals surface area contributed by atoms with Gasteiger partial charge in [-0.1, -0.05) is 45.3 Å². The smallest absolute Gasteiger partial charge is 0.0354 e. The molecule has 0 spiro atoms. The molecule has 0 bridgehead atoms. The Morgan fingerprint density at radius 3 is 1.38 bits per heavy atom. The summed E-state index contributed by atoms with van der Waals surface area (Å²) in [7, 11) is 0. The summed E-state index contributed by atoms with van der Waals surface area (Å²) in [5, 5.41) is 0. The van der Waals surface area contributed by atoms with Crippen molar-refractivity contribution in [3.8, 4) is 0 Å². The van der Waals surface area contributed by atoms with Gasteiger partial charge in [0.25, 0.3) is 0 Å². The second-order valence-corrected chi connectivity index (χ2v) is 2.51. The van der Waals surface area contributed by atoms with Gasteiger partial charge in [-0.2, -0.15) is 0 Å². The van der Waals surface area contributed by atoms with Crippen LogP contribution in [0.15, 0.2) is 38.5 Å². The van der Waals surface area contributed by atoms with Gasteiger partial charge in [0.2, 0.25) is 0 Å². The van der Waals surface area contributed by atoms with Crippen LogP contribution in [0.2, 0.25) is 0 Å². The Hall–Kier alpha value is -0.780. The summed E-state index contributed by atoms with van der Waals surface area (Å²) < 4.78 is 0. The molecule has 0 aliphatic carbocycles. The van der Waals surface area contributed by atoms with Crippen LogP contribution in [0.1, 0.15) is 46.0 Å². The zero-order valence-corrected chi connectivity index (χ0v) is 9.52. The highest BCUT2D eigenvalue weighted by molar-refractivity contribution is 4.64. The van der Waals surface area contributed by atoms with E-state index in [0.717, 1.165) is 6.42 Å². The predicted octanol–water partition coefficient (Wildman–Crippen LogP) is 5.14. The van der Waals surface area contributed by atoms with Crippen LogP contribution in [0.25, 0.3) is 0 Å². The molecular weight excluding hydrogens is 156 g/mol. The highest BCUT2D eigenvalue weighted by atomic mass is 13.8. The Labute approximate surface area is 85.1 Å². The highest BCUT2D eigenvalue weighted by Crippen LogP contribution is 1.91. The number of rotatable bonds is 5. The van der Waals surface area contributed by atoms with Crippen LogP contribution in [0.5, 0.6) is 0 Å². The van der Waals surface area contributed by atoms with Crippen LogP contribution >= 0.6 is 0 Å². The van der Waals surface area contributed by atoms with Gasteiger partial charge in [0.1, 0.15) is 0 Å². The Morgan fingerprint density at radius 2 is 1.31 bits per heavy atom. The van der Waals surface area contributed by atoms with Crippen molar-refractivity contribution in [1.29, 1.82) is 0 Å². The van der Waals surface area contributed by atoms with Crippen LogP contribution in [-0.4, -0.2) is 0 Å². The van der Waals surface area contributed by atoms with Crippen molar-refractivity contribution in [2.45, 2.75) is 46.0 Å². The maximum atomic E-state index is 3.60. The SMILES string of the molecule is C=C.C=CCCC.C=CCCCC. The molecule has 0 saturated heterocycles. The van der Waals surface area contributed by atoms with E-state index in [4.69, 9.17) is 0 Å². The fourth-order valence-corrected chi connectivity index (χ4v) is 0.553. The maximum Gasteiger partial charge on any atom is -0.0354 e. The lowest BCUT2D eigenvalue weighted by molar-refractivity contribution is 0.816. The molecule has 78 valence electrons. The van der Waals surface area contributed by atoms with Crippen LogP contribution < -0.4 is 0 Å². The molecule has 0 rings (SSSR count). The zero-order chi connectivity index (χ0) is 10.9. The summed E-state index contributed by atoms with van der Waals surface area (Å²) in [5.41, 5.74) is 0. The lowest BCUT2D eigenvalue weighted by atomic mass is 10.3. The molecule has 0 N–H and O–H groups in total. The normalized spacial score (nSPS) is 6.92. The zero-order valence-electron chi connectivity index (χ0n) is 9.52. The first-order valence-corrected chi connectivity index (χ1v) is 5.05. The summed E-state index contributed by atoms with van der Waals surface area (Å²) in [6, 6.07) is 0. The van der Waals surface area contributed by atoms with Gasteiger partial charge >= 0.3 is 0 Å². The molecule has 0 heteroatoms. The fourth-order valence-electron chi connectivity index (χ4n) is 0.553. The topological polar surface area (TPSA) is 0 Å². The first kappa shape index (κ1) is 18.1. The summed E-state index contributed by atoms with van der Waals surface area (Å²) in [4.78, 5) is 0. The first-order valence-electron chi connectivity index (χ1n) is 5.05. The Balaban J connectivity index is -0.000000131. The van der Waals surface area contributed by atoms with Gasteiger partial charge < -0.3 is 0 Å². The quantitative estimate of drug-likeness (QED) is 0.408. The molecule has 0 saturated carbocycles. The number of hydrogen-bond donors (Lipinski definition) is 0. The van der Waals surface area contributed by atoms with Crippen LogP contribution in [0.3, 0.4) is 0 Å². The molecule has 0 heterocycles. The van der Waals surface area contributed by atoms with Gasteiger partial charge in [-0.3, -0.25) is 0 Å². The van der Waals surface area contributed by atoms with E-state index < -0.39 is 0 Å². The Kier molecular flexibility index (Phi) is 42.2. The van der Waals surface area contributed by atoms with Crippen molar-refractivity contribution >= 4 is 0 Å². The third-order valence-corrected chi connectivity index (χ3v) is 1.25. The highest BCUT2D eigenvalue weighted by Gasteiger charge is 1.71. The van der Waals surface area contributed by atoms with Gasteiger partial charge in [0, 0.05) is 0 Å². The summed E-state index contributed by atoms with van der Waals surface area (Å²) in [6.07, 6.45) is 10.0. The third-order valence-electron chi connectivity index (χ3n) is 1.25. The molecule has 0 nitrogen and oxygen atoms in total. The summed E-state index contributed by atoms with van der Waals surface area (Å²) in [5.74, 6) is 0. The van der Waals surface area contributed by atoms with E-state index in [9.17, 15) is 0 Å². The first-order chi connectivity index (χ1) is 6.33. The van der Waals surface area contributed by atoms with Gasteiger partial charge in [0.05, 0.1) is 0 Å². The van der Waals surface area contributed by atoms with Crippen LogP contribution in [0.4, 0.5) is 0 Å². The van der Waals surface area contributed by atoms with Crippen molar-refractivity contribution < 1.29 is 0 Å². The minimum atomic E-state index is 1.15. The van der Waals surface area contributed by atoms with E-state index >= 15 is 0 Å². The van der Waals surface area contributed by atoms with Crippen LogP contribution in [0, 0.1) is 0 Å². The van der Waals surface area contributed by atoms with E-state index in [1.807, 2.05) is 12.2 Å². The lowest BCUT2D eigenvalue weighted by Crippen LogP contribution is -1.61. The van der Waals surface area contributed by atoms with E-state index in [-0.39, 0.29) is 0 Å². The number of allylic oxidation sites excluding steroid dienone is 2. The predicted molar refractivity (Wildman–Crippen MR) is 66.1 cm³/mol. The number of hydrogen-bond acceptors (Lipinski definition) is 0. The monoisotopic (exact) mass is 182 g/mol. The van der Waals surface area contributed by atoms with Gasteiger partial charge in [-0.25, -0.2) is 0 Å². The average Bonchev–Trinajstić information content (AvgIpc) is 2.20. The van der Waals surface area contributed by atoms with Crippen molar-refractivity contribution in [1.82, 2.24) is 0 Å². The van der Waals surface area contributed by atoms with Gasteiger partial charge in [-0.05, 0) is 12.8 Å². The Morgan fingerprint density at radius 1 is 0.846 bits per heavy atom. The molecule has 0 aromatic rings. The van der Waals surface area contributed by atoms with E-state index in [1.165, 1.54) is 25.7 Å². The minimum absolute atomic E-state index is 1.15. The molecule has 0 unspecified atom stereocenters. The molecule has 13 heavy (non-hydrogen) atoms. The molecule has 0 atom stereocenters. The minimum Gasteiger partial charge on any atom is -0.106 e. The molecule has 0 aromatic carbocycles. The van der Waals surface area contributed by atoms with Crippen molar-refractivity contribution in [2.24, 2.45) is 0 Å². The molecule has 0 fully saturated rings. The second-order valence-electron chi connectivity index (χ2n) is 2.51. The van der Waals surface area contributed by atoms with E-state index in [0.29, 0.717) is 0 Å². The van der Waals surface area contributed by atoms with Crippen LogP contribution in [-0.2, 0) is 0 Å². The van der Waals surface area contributed by atoms with Crippen molar-refractivity contribution in [2.75, 3.05) is 0 Å². The van der Waals surface area contributed by atoms with E-state index in [2.05, 4.69) is 40.2 Å². The Bertz CT molecular complexity index is 82.0. The maximum absolute atomic E-state index is 3.60. The molecule has 0 amide bonds. The third kappa shape index (κ3) is 53.6.